The van der Waals surface area contributed by atoms with Crippen LogP contribution in [0.2, 0.25) is 10.0 Å². The number of thiazole rings is 1. The average molecular weight is 561 g/mol. The van der Waals surface area contributed by atoms with Gasteiger partial charge in [0.05, 0.1) is 35.6 Å². The second-order valence-electron chi connectivity index (χ2n) is 7.94. The Labute approximate surface area is 226 Å². The van der Waals surface area contributed by atoms with E-state index in [-0.39, 0.29) is 29.2 Å². The molecule has 1 aliphatic rings. The summed E-state index contributed by atoms with van der Waals surface area (Å²) in [4.78, 5) is 43.3. The first-order valence-corrected chi connectivity index (χ1v) is 12.7. The van der Waals surface area contributed by atoms with E-state index in [1.165, 1.54) is 18.6 Å². The fourth-order valence-corrected chi connectivity index (χ4v) is 5.51. The molecule has 0 amide bonds. The van der Waals surface area contributed by atoms with Gasteiger partial charge in [-0.1, -0.05) is 46.7 Å². The van der Waals surface area contributed by atoms with E-state index in [0.29, 0.717) is 36.2 Å². The van der Waals surface area contributed by atoms with Crippen LogP contribution in [0.1, 0.15) is 37.9 Å². The molecule has 0 aliphatic carbocycles. The molecule has 8 nitrogen and oxygen atoms in total. The number of benzene rings is 2. The number of ether oxygens (including phenoxy) is 3. The van der Waals surface area contributed by atoms with Crippen molar-refractivity contribution in [1.29, 1.82) is 0 Å². The predicted octanol–water partition coefficient (Wildman–Crippen LogP) is 4.04. The van der Waals surface area contributed by atoms with E-state index in [2.05, 4.69) is 4.99 Å². The molecule has 4 rings (SSSR count). The van der Waals surface area contributed by atoms with Gasteiger partial charge in [0.15, 0.2) is 16.3 Å². The van der Waals surface area contributed by atoms with Crippen LogP contribution in [0.3, 0.4) is 0 Å². The quantitative estimate of drug-likeness (QED) is 0.333. The van der Waals surface area contributed by atoms with Crippen molar-refractivity contribution in [3.05, 3.63) is 88.5 Å². The first kappa shape index (κ1) is 26.7. The first-order valence-electron chi connectivity index (χ1n) is 11.2. The van der Waals surface area contributed by atoms with E-state index in [1.807, 2.05) is 0 Å². The van der Waals surface area contributed by atoms with Gasteiger partial charge in [-0.2, -0.15) is 0 Å². The van der Waals surface area contributed by atoms with Crippen LogP contribution in [0.5, 0.6) is 11.5 Å². The van der Waals surface area contributed by atoms with Gasteiger partial charge >= 0.3 is 11.9 Å². The Morgan fingerprint density at radius 1 is 1.16 bits per heavy atom. The van der Waals surface area contributed by atoms with Gasteiger partial charge in [-0.05, 0) is 49.8 Å². The molecule has 1 aromatic heterocycles. The van der Waals surface area contributed by atoms with E-state index in [1.54, 1.807) is 56.3 Å². The second-order valence-corrected chi connectivity index (χ2v) is 9.77. The number of hydrogen-bond acceptors (Lipinski definition) is 8. The number of nitrogens with zero attached hydrogens (tertiary/aromatic N) is 2. The standard InChI is InChI=1S/C26H22Cl2N2O6S/c1-5-35-25(33)22-13(2)29-26-30(23(22)15-9-10-19(36-14(3)31)20(11-15)34-4)24(32)21(37-26)12-16-17(27)7-6-8-18(16)28/h6-12,23H,5H2,1-4H3/b21-12+. The first-order chi connectivity index (χ1) is 17.7. The molecule has 1 atom stereocenters. The number of esters is 2. The molecular weight excluding hydrogens is 539 g/mol. The number of carbonyl (C=O) groups is 2. The van der Waals surface area contributed by atoms with Crippen LogP contribution in [-0.4, -0.2) is 30.2 Å². The molecule has 2 heterocycles. The van der Waals surface area contributed by atoms with Crippen molar-refractivity contribution in [2.24, 2.45) is 4.99 Å². The van der Waals surface area contributed by atoms with Crippen molar-refractivity contribution in [2.75, 3.05) is 13.7 Å². The third-order valence-corrected chi connectivity index (χ3v) is 7.19. The van der Waals surface area contributed by atoms with Gasteiger partial charge in [-0.3, -0.25) is 14.2 Å². The normalized spacial score (nSPS) is 15.2. The summed E-state index contributed by atoms with van der Waals surface area (Å²) in [5.41, 5.74) is 1.27. The molecule has 1 unspecified atom stereocenters. The second kappa shape index (κ2) is 10.9. The highest BCUT2D eigenvalue weighted by atomic mass is 35.5. The minimum atomic E-state index is -0.876. The van der Waals surface area contributed by atoms with E-state index in [0.717, 1.165) is 11.3 Å². The number of aromatic nitrogens is 1. The predicted molar refractivity (Wildman–Crippen MR) is 141 cm³/mol. The van der Waals surface area contributed by atoms with Crippen LogP contribution in [0.15, 0.2) is 57.5 Å². The molecule has 0 fully saturated rings. The van der Waals surface area contributed by atoms with Crippen molar-refractivity contribution in [3.8, 4) is 11.5 Å². The number of rotatable bonds is 6. The largest absolute Gasteiger partial charge is 0.493 e. The van der Waals surface area contributed by atoms with Crippen LogP contribution in [0.4, 0.5) is 0 Å². The third-order valence-electron chi connectivity index (χ3n) is 5.55. The molecule has 0 N–H and O–H groups in total. The number of fused-ring (bicyclic) bond motifs is 1. The molecule has 0 bridgehead atoms. The summed E-state index contributed by atoms with van der Waals surface area (Å²) in [6, 6.07) is 9.02. The molecule has 11 heteroatoms. The van der Waals surface area contributed by atoms with Gasteiger partial charge in [-0.15, -0.1) is 0 Å². The molecule has 3 aromatic rings. The fourth-order valence-electron chi connectivity index (χ4n) is 3.98. The SMILES string of the molecule is CCOC(=O)C1=C(C)N=c2s/c(=C/c3c(Cl)cccc3Cl)c(=O)n2C1c1ccc(OC(C)=O)c(OC)c1. The summed E-state index contributed by atoms with van der Waals surface area (Å²) >= 11 is 13.8. The molecule has 1 aliphatic heterocycles. The van der Waals surface area contributed by atoms with E-state index >= 15 is 0 Å². The van der Waals surface area contributed by atoms with E-state index in [4.69, 9.17) is 37.4 Å². The number of allylic oxidation sites excluding steroid dienone is 1. The maximum atomic E-state index is 13.7. The number of methoxy groups -OCH3 is 1. The van der Waals surface area contributed by atoms with Crippen molar-refractivity contribution in [3.63, 3.8) is 0 Å². The van der Waals surface area contributed by atoms with Crippen molar-refractivity contribution < 1.29 is 23.8 Å². The fraction of sp³-hybridized carbons (Fsp3) is 0.231. The monoisotopic (exact) mass is 560 g/mol. The Bertz CT molecular complexity index is 1600. The lowest BCUT2D eigenvalue weighted by Crippen LogP contribution is -2.40. The molecule has 0 radical (unpaired) electrons. The van der Waals surface area contributed by atoms with Crippen LogP contribution in [0, 0.1) is 0 Å². The zero-order valence-corrected chi connectivity index (χ0v) is 22.7. The third kappa shape index (κ3) is 5.20. The molecular formula is C26H22Cl2N2O6S. The summed E-state index contributed by atoms with van der Waals surface area (Å²) in [5, 5.41) is 0.785. The maximum Gasteiger partial charge on any atom is 0.338 e. The average Bonchev–Trinajstić information content (AvgIpc) is 3.15. The van der Waals surface area contributed by atoms with E-state index < -0.39 is 18.0 Å². The summed E-state index contributed by atoms with van der Waals surface area (Å²) in [6.07, 6.45) is 1.61. The Hall–Kier alpha value is -3.40. The highest BCUT2D eigenvalue weighted by Crippen LogP contribution is 2.36. The van der Waals surface area contributed by atoms with Crippen LogP contribution >= 0.6 is 34.5 Å². The lowest BCUT2D eigenvalue weighted by atomic mass is 9.95. The van der Waals surface area contributed by atoms with Gasteiger partial charge in [0.1, 0.15) is 0 Å². The van der Waals surface area contributed by atoms with E-state index in [9.17, 15) is 14.4 Å². The number of halogens is 2. The highest BCUT2D eigenvalue weighted by Gasteiger charge is 2.34. The van der Waals surface area contributed by atoms with Gasteiger partial charge < -0.3 is 14.2 Å². The highest BCUT2D eigenvalue weighted by molar-refractivity contribution is 7.07. The lowest BCUT2D eigenvalue weighted by molar-refractivity contribution is -0.139. The molecule has 2 aromatic carbocycles. The van der Waals surface area contributed by atoms with Crippen molar-refractivity contribution >= 4 is 52.6 Å². The Kier molecular flexibility index (Phi) is 7.87. The summed E-state index contributed by atoms with van der Waals surface area (Å²) < 4.78 is 17.7. The minimum absolute atomic E-state index is 0.145. The number of hydrogen-bond donors (Lipinski definition) is 0. The van der Waals surface area contributed by atoms with Gasteiger partial charge in [0.25, 0.3) is 5.56 Å². The molecule has 37 heavy (non-hydrogen) atoms. The van der Waals surface area contributed by atoms with Gasteiger partial charge in [-0.25, -0.2) is 9.79 Å². The van der Waals surface area contributed by atoms with Gasteiger partial charge in [0.2, 0.25) is 0 Å². The summed E-state index contributed by atoms with van der Waals surface area (Å²) in [5.74, 6) is -0.645. The summed E-state index contributed by atoms with van der Waals surface area (Å²) in [7, 11) is 1.43. The minimum Gasteiger partial charge on any atom is -0.493 e. The molecule has 0 saturated carbocycles. The van der Waals surface area contributed by atoms with Crippen LogP contribution in [-0.2, 0) is 14.3 Å². The van der Waals surface area contributed by atoms with Crippen molar-refractivity contribution in [1.82, 2.24) is 4.57 Å². The van der Waals surface area contributed by atoms with Gasteiger partial charge in [0, 0.05) is 22.5 Å². The van der Waals surface area contributed by atoms with Crippen molar-refractivity contribution in [2.45, 2.75) is 26.8 Å². The van der Waals surface area contributed by atoms with Crippen LogP contribution in [0.25, 0.3) is 6.08 Å². The summed E-state index contributed by atoms with van der Waals surface area (Å²) in [6.45, 7) is 4.81. The Morgan fingerprint density at radius 2 is 1.86 bits per heavy atom. The molecule has 0 spiro atoms. The smallest absolute Gasteiger partial charge is 0.338 e. The maximum absolute atomic E-state index is 13.7. The Morgan fingerprint density at radius 3 is 2.49 bits per heavy atom. The van der Waals surface area contributed by atoms with Crippen LogP contribution < -0.4 is 24.4 Å². The molecule has 192 valence electrons. The Balaban J connectivity index is 1.98. The number of carbonyl (C=O) groups excluding carboxylic acids is 2. The lowest BCUT2D eigenvalue weighted by Gasteiger charge is -2.25. The zero-order chi connectivity index (χ0) is 26.9. The topological polar surface area (TPSA) is 96.2 Å². The molecule has 0 saturated heterocycles. The zero-order valence-electron chi connectivity index (χ0n) is 20.3.